The molecule has 254 valence electrons. The number of likely N-dealkylation sites (N-methyl/N-ethyl adjacent to an activating group) is 1. The number of aliphatic hydroxyl groups excluding tert-OH is 1. The summed E-state index contributed by atoms with van der Waals surface area (Å²) >= 11 is 6.72. The van der Waals surface area contributed by atoms with Gasteiger partial charge in [-0.1, -0.05) is 36.2 Å². The summed E-state index contributed by atoms with van der Waals surface area (Å²) < 4.78 is 29.2. The molecule has 1 saturated heterocycles. The van der Waals surface area contributed by atoms with Gasteiger partial charge in [-0.05, 0) is 65.1 Å². The summed E-state index contributed by atoms with van der Waals surface area (Å²) in [5.41, 5.74) is -0.532. The average molecular weight is 665 g/mol. The van der Waals surface area contributed by atoms with Crippen molar-refractivity contribution in [2.45, 2.75) is 88.7 Å². The summed E-state index contributed by atoms with van der Waals surface area (Å²) in [5, 5.41) is 22.5. The number of hydrogen-bond donors (Lipinski definition) is 3. The lowest BCUT2D eigenvalue weighted by molar-refractivity contribution is -0.650. The number of hydrogen-bond acceptors (Lipinski definition) is 9. The molecule has 1 aromatic rings. The van der Waals surface area contributed by atoms with E-state index in [1.807, 2.05) is 32.1 Å². The highest BCUT2D eigenvalue weighted by Crippen LogP contribution is 2.49. The molecule has 12 nitrogen and oxygen atoms in total. The second kappa shape index (κ2) is 13.9. The zero-order chi connectivity index (χ0) is 34.1. The number of esters is 1. The highest BCUT2D eigenvalue weighted by molar-refractivity contribution is 6.35. The predicted molar refractivity (Wildman–Crippen MR) is 172 cm³/mol. The molecule has 3 aliphatic heterocycles. The molecular weight excluding hydrogens is 618 g/mol. The van der Waals surface area contributed by atoms with Crippen LogP contribution in [0.4, 0.5) is 5.69 Å². The van der Waals surface area contributed by atoms with E-state index in [1.165, 1.54) is 19.1 Å². The monoisotopic (exact) mass is 664 g/mol. The molecule has 1 aromatic carbocycles. The number of anilines is 1. The summed E-state index contributed by atoms with van der Waals surface area (Å²) in [6, 6.07) is 3.07. The highest BCUT2D eigenvalue weighted by Gasteiger charge is 2.65. The van der Waals surface area contributed by atoms with Gasteiger partial charge in [-0.3, -0.25) is 14.5 Å². The summed E-state index contributed by atoms with van der Waals surface area (Å²) in [6.45, 7) is 7.31. The fourth-order valence-corrected chi connectivity index (χ4v) is 6.38. The van der Waals surface area contributed by atoms with Crippen LogP contribution in [0, 0.1) is 5.92 Å². The Bertz CT molecular complexity index is 1410. The minimum absolute atomic E-state index is 0.0353. The lowest BCUT2D eigenvalue weighted by atomic mass is 9.84. The molecule has 0 saturated carbocycles. The van der Waals surface area contributed by atoms with Crippen LogP contribution in [0.3, 0.4) is 0 Å². The number of nitrogens with zero attached hydrogens (tertiary/aromatic N) is 2. The Morgan fingerprint density at radius 2 is 1.98 bits per heavy atom. The van der Waals surface area contributed by atoms with Crippen LogP contribution in [0.2, 0.25) is 5.02 Å². The normalized spacial score (nSPS) is 34.4. The summed E-state index contributed by atoms with van der Waals surface area (Å²) in [5.74, 6) is -0.867. The third-order valence-electron chi connectivity index (χ3n) is 9.33. The van der Waals surface area contributed by atoms with Crippen LogP contribution >= 0.6 is 11.6 Å². The number of fused-ring (bicyclic) bond motifs is 5. The van der Waals surface area contributed by atoms with Gasteiger partial charge in [0.2, 0.25) is 5.91 Å². The van der Waals surface area contributed by atoms with E-state index < -0.39 is 59.8 Å². The molecule has 46 heavy (non-hydrogen) atoms. The number of ether oxygens (including phenoxy) is 5. The van der Waals surface area contributed by atoms with Crippen molar-refractivity contribution in [3.63, 3.8) is 0 Å². The average Bonchev–Trinajstić information content (AvgIpc) is 3.69. The Morgan fingerprint density at radius 3 is 2.61 bits per heavy atom. The Morgan fingerprint density at radius 1 is 1.28 bits per heavy atom. The van der Waals surface area contributed by atoms with Crippen molar-refractivity contribution in [2.75, 3.05) is 40.3 Å². The highest BCUT2D eigenvalue weighted by atomic mass is 35.5. The van der Waals surface area contributed by atoms with E-state index in [9.17, 15) is 19.8 Å². The van der Waals surface area contributed by atoms with Crippen molar-refractivity contribution in [3.05, 3.63) is 46.5 Å². The Hall–Kier alpha value is -3.16. The van der Waals surface area contributed by atoms with Crippen LogP contribution < -0.4 is 14.6 Å². The number of aliphatic hydroxyl groups is 2. The molecule has 0 spiro atoms. The van der Waals surface area contributed by atoms with Crippen LogP contribution in [0.1, 0.15) is 46.1 Å². The van der Waals surface area contributed by atoms with Gasteiger partial charge in [0.1, 0.15) is 34.6 Å². The number of allylic oxidation sites excluding steroid dienone is 3. The minimum Gasteiger partial charge on any atom is -0.495 e. The Kier molecular flexibility index (Phi) is 10.8. The smallest absolute Gasteiger partial charge is 0.495 e. The fourth-order valence-electron chi connectivity index (χ4n) is 6.07. The predicted octanol–water partition coefficient (Wildman–Crippen LogP) is 1.90. The summed E-state index contributed by atoms with van der Waals surface area (Å²) in [7, 11) is 8.12. The first-order valence-electron chi connectivity index (χ1n) is 15.3. The van der Waals surface area contributed by atoms with E-state index in [-0.39, 0.29) is 23.8 Å². The molecule has 8 atom stereocenters. The number of epoxide rings is 1. The molecule has 3 heterocycles. The van der Waals surface area contributed by atoms with E-state index in [0.717, 1.165) is 11.1 Å². The number of nitrogens with one attached hydrogen (secondary N) is 1. The quantitative estimate of drug-likeness (QED) is 0.315. The number of benzene rings is 1. The van der Waals surface area contributed by atoms with Crippen molar-refractivity contribution in [1.29, 1.82) is 0 Å². The van der Waals surface area contributed by atoms with Gasteiger partial charge in [-0.15, -0.1) is 4.99 Å². The van der Waals surface area contributed by atoms with Crippen molar-refractivity contribution in [1.82, 2.24) is 4.90 Å². The molecular formula is C33H47ClN3O9+. The van der Waals surface area contributed by atoms with Crippen molar-refractivity contribution in [3.8, 4) is 5.75 Å². The first-order chi connectivity index (χ1) is 21.5. The number of rotatable bonds is 5. The molecule has 7 unspecified atom stereocenters. The van der Waals surface area contributed by atoms with Gasteiger partial charge in [-0.25, -0.2) is 0 Å². The second-order valence-corrected chi connectivity index (χ2v) is 13.3. The maximum Gasteiger partial charge on any atom is 0.547 e. The molecule has 4 rings (SSSR count). The Labute approximate surface area is 275 Å². The van der Waals surface area contributed by atoms with E-state index >= 15 is 0 Å². The first-order valence-corrected chi connectivity index (χ1v) is 15.7. The van der Waals surface area contributed by atoms with E-state index in [1.54, 1.807) is 52.0 Å². The molecule has 4 bridgehead atoms. The van der Waals surface area contributed by atoms with Crippen LogP contribution in [-0.4, -0.2) is 110 Å². The molecule has 13 heteroatoms. The van der Waals surface area contributed by atoms with Crippen LogP contribution in [0.5, 0.6) is 5.75 Å². The zero-order valence-electron chi connectivity index (χ0n) is 28.0. The number of halogens is 1. The van der Waals surface area contributed by atoms with Crippen molar-refractivity contribution >= 4 is 35.2 Å². The van der Waals surface area contributed by atoms with Gasteiger partial charge in [0, 0.05) is 20.1 Å². The third kappa shape index (κ3) is 7.36. The van der Waals surface area contributed by atoms with Gasteiger partial charge in [0.15, 0.2) is 6.10 Å². The number of amides is 1. The van der Waals surface area contributed by atoms with Crippen LogP contribution in [-0.2, 0) is 35.0 Å². The lowest BCUT2D eigenvalue weighted by Gasteiger charge is -2.34. The van der Waals surface area contributed by atoms with Crippen LogP contribution in [0.25, 0.3) is 0 Å². The lowest BCUT2D eigenvalue weighted by Crippen LogP contribution is -2.94. The molecule has 0 radical (unpaired) electrons. The molecule has 3 N–H and O–H groups in total. The van der Waals surface area contributed by atoms with Crippen LogP contribution in [0.15, 0.2) is 35.9 Å². The fraction of sp³-hybridized carbons (Fsp3) is 0.606. The summed E-state index contributed by atoms with van der Waals surface area (Å²) in [4.78, 5) is 32.9. The molecule has 1 fully saturated rings. The second-order valence-electron chi connectivity index (χ2n) is 12.9. The molecule has 0 aliphatic carbocycles. The largest absolute Gasteiger partial charge is 0.547 e. The Balaban J connectivity index is 1.80. The topological polar surface area (TPSA) is 144 Å². The molecule has 1 amide bonds. The molecule has 3 aliphatic rings. The maximum atomic E-state index is 13.9. The number of carbonyl (C=O) groups excluding carboxylic acids is 2. The standard InChI is InChI=1S/C33H46ClN3O9/c1-18-11-10-12-25(43-9)33(41)17-24(44-31(40)35-33)19(2)29-32(4,46-29)26(45-30(39)20(3)36(5)6)16-27(38)37(7)22-14-21(13-18)15-23(42-8)28(22)34/h10-12,14-15,19-20,24-26,29,41H,13,16-17H2,1-9H3,(H,35,40)/p+1/b12-10+,18-11+/t19?,20-,24?,25?,26?,29?,32?,33?/m0/s1. The first kappa shape index (κ1) is 35.7. The number of carbonyl (C=O) groups is 2. The van der Waals surface area contributed by atoms with E-state index in [4.69, 9.17) is 35.3 Å². The van der Waals surface area contributed by atoms with Gasteiger partial charge in [-0.2, -0.15) is 0 Å². The van der Waals surface area contributed by atoms with Gasteiger partial charge >= 0.3 is 17.8 Å². The SMILES string of the molecule is COc1cc2cc(c1Cl)N(C)C(=O)CC(OC(=O)[C@H](C)N(C)C)C1(C)OC1C(C)C1CC(O)([NH+]=C(O)O1)C(OC)/C=C/C=C(\C)C2. The van der Waals surface area contributed by atoms with Gasteiger partial charge in [0.25, 0.3) is 0 Å². The zero-order valence-corrected chi connectivity index (χ0v) is 28.8. The maximum absolute atomic E-state index is 13.9. The minimum atomic E-state index is -1.72. The third-order valence-corrected chi connectivity index (χ3v) is 9.71. The van der Waals surface area contributed by atoms with E-state index in [2.05, 4.69) is 4.99 Å². The number of methoxy groups -OCH3 is 2. The summed E-state index contributed by atoms with van der Waals surface area (Å²) in [6.07, 6.45) is 2.05. The van der Waals surface area contributed by atoms with Crippen molar-refractivity contribution in [2.24, 2.45) is 5.92 Å². The van der Waals surface area contributed by atoms with Gasteiger partial charge < -0.3 is 38.8 Å². The van der Waals surface area contributed by atoms with Crippen molar-refractivity contribution < 1.29 is 48.5 Å². The van der Waals surface area contributed by atoms with E-state index in [0.29, 0.717) is 17.9 Å². The molecule has 0 aromatic heterocycles. The van der Waals surface area contributed by atoms with Gasteiger partial charge in [0.05, 0.1) is 31.7 Å².